The van der Waals surface area contributed by atoms with Gasteiger partial charge in [0.2, 0.25) is 0 Å². The van der Waals surface area contributed by atoms with Crippen LogP contribution in [0.3, 0.4) is 0 Å². The summed E-state index contributed by atoms with van der Waals surface area (Å²) in [6, 6.07) is 12.7. The van der Waals surface area contributed by atoms with Crippen LogP contribution in [0.2, 0.25) is 0 Å². The summed E-state index contributed by atoms with van der Waals surface area (Å²) in [5, 5.41) is 19.6. The molecule has 0 amide bonds. The molecule has 0 saturated carbocycles. The number of hydrogen-bond acceptors (Lipinski definition) is 2. The van der Waals surface area contributed by atoms with Gasteiger partial charge >= 0.3 is 5.97 Å². The number of hydrogen-bond donors (Lipinski definition) is 1. The molecular weight excluding hydrogens is 334 g/mol. The van der Waals surface area contributed by atoms with Crippen LogP contribution < -0.4 is 0 Å². The molecule has 3 heteroatoms. The molecule has 1 aromatic rings. The topological polar surface area (TPSA) is 61.1 Å². The molecule has 1 aliphatic carbocycles. The fraction of sp³-hybridized carbons (Fsp3) is 0.417. The third kappa shape index (κ3) is 4.57. The van der Waals surface area contributed by atoms with Crippen LogP contribution in [-0.2, 0) is 4.79 Å². The Morgan fingerprint density at radius 2 is 2.04 bits per heavy atom. The van der Waals surface area contributed by atoms with E-state index in [1.165, 1.54) is 6.08 Å². The molecule has 2 rings (SSSR count). The summed E-state index contributed by atoms with van der Waals surface area (Å²) in [7, 11) is 0. The number of carboxylic acids is 1. The van der Waals surface area contributed by atoms with Crippen molar-refractivity contribution < 1.29 is 9.90 Å². The van der Waals surface area contributed by atoms with Gasteiger partial charge in [0.25, 0.3) is 0 Å². The molecule has 0 radical (unpaired) electrons. The molecule has 0 heterocycles. The molecule has 0 aliphatic heterocycles. The van der Waals surface area contributed by atoms with Crippen molar-refractivity contribution in [1.29, 1.82) is 5.26 Å². The van der Waals surface area contributed by atoms with Gasteiger partial charge in [-0.25, -0.2) is 4.79 Å². The molecule has 0 bridgehead atoms. The molecule has 3 nitrogen and oxygen atoms in total. The van der Waals surface area contributed by atoms with E-state index in [1.807, 2.05) is 48.6 Å². The summed E-state index contributed by atoms with van der Waals surface area (Å²) >= 11 is 0. The van der Waals surface area contributed by atoms with Gasteiger partial charge in [-0.1, -0.05) is 94.2 Å². The van der Waals surface area contributed by atoms with Gasteiger partial charge in [0.1, 0.15) is 0 Å². The Morgan fingerprint density at radius 3 is 2.63 bits per heavy atom. The van der Waals surface area contributed by atoms with E-state index in [1.54, 1.807) is 6.08 Å². The van der Waals surface area contributed by atoms with E-state index in [-0.39, 0.29) is 11.8 Å². The first-order valence-electron chi connectivity index (χ1n) is 9.86. The number of carbonyl (C=O) groups is 1. The highest BCUT2D eigenvalue weighted by Crippen LogP contribution is 2.53. The number of allylic oxidation sites excluding steroid dienone is 5. The summed E-state index contributed by atoms with van der Waals surface area (Å²) in [4.78, 5) is 11.1. The minimum atomic E-state index is -0.981. The molecule has 0 aromatic heterocycles. The molecule has 0 fully saturated rings. The molecule has 3 atom stereocenters. The highest BCUT2D eigenvalue weighted by molar-refractivity contribution is 5.81. The van der Waals surface area contributed by atoms with Crippen LogP contribution >= 0.6 is 0 Å². The Morgan fingerprint density at radius 1 is 1.30 bits per heavy atom. The summed E-state index contributed by atoms with van der Waals surface area (Å²) in [6.07, 6.45) is 14.0. The minimum absolute atomic E-state index is 0.161. The van der Waals surface area contributed by atoms with Crippen LogP contribution in [0.1, 0.15) is 51.5 Å². The lowest BCUT2D eigenvalue weighted by Gasteiger charge is -2.42. The van der Waals surface area contributed by atoms with Gasteiger partial charge in [-0.3, -0.25) is 0 Å². The van der Waals surface area contributed by atoms with Crippen molar-refractivity contribution in [3.05, 3.63) is 66.3 Å². The number of nitriles is 1. The number of rotatable bonds is 9. The Balaban J connectivity index is 2.56. The average Bonchev–Trinajstić information content (AvgIpc) is 2.70. The molecule has 1 aromatic carbocycles. The lowest BCUT2D eigenvalue weighted by atomic mass is 9.58. The smallest absolute Gasteiger partial charge is 0.327 e. The van der Waals surface area contributed by atoms with Crippen molar-refractivity contribution >= 4 is 11.5 Å². The summed E-state index contributed by atoms with van der Waals surface area (Å²) in [5.74, 6) is -1.08. The normalized spacial score (nSPS) is 23.0. The van der Waals surface area contributed by atoms with E-state index in [0.29, 0.717) is 0 Å². The zero-order valence-electron chi connectivity index (χ0n) is 16.3. The minimum Gasteiger partial charge on any atom is -0.478 e. The highest BCUT2D eigenvalue weighted by Gasteiger charge is 2.47. The van der Waals surface area contributed by atoms with Gasteiger partial charge in [-0.2, -0.15) is 5.26 Å². The van der Waals surface area contributed by atoms with E-state index >= 15 is 0 Å². The maximum absolute atomic E-state index is 11.1. The fourth-order valence-electron chi connectivity index (χ4n) is 4.21. The third-order valence-corrected chi connectivity index (χ3v) is 5.56. The van der Waals surface area contributed by atoms with Crippen molar-refractivity contribution in [2.45, 2.75) is 46.0 Å². The zero-order chi connectivity index (χ0) is 19.7. The van der Waals surface area contributed by atoms with Crippen molar-refractivity contribution in [3.8, 4) is 6.07 Å². The highest BCUT2D eigenvalue weighted by atomic mass is 16.4. The second-order valence-electron chi connectivity index (χ2n) is 7.14. The lowest BCUT2D eigenvalue weighted by molar-refractivity contribution is -0.131. The predicted molar refractivity (Wildman–Crippen MR) is 110 cm³/mol. The van der Waals surface area contributed by atoms with E-state index in [0.717, 1.165) is 43.2 Å². The summed E-state index contributed by atoms with van der Waals surface area (Å²) < 4.78 is 0. The van der Waals surface area contributed by atoms with Gasteiger partial charge in [0, 0.05) is 12.0 Å². The van der Waals surface area contributed by atoms with E-state index in [2.05, 4.69) is 19.9 Å². The standard InChI is InChI=1S/C24H29NO2/c1-3-5-7-13-20(4-2)24(18-25)21(16-17-23(26)27)14-10-15-22(24)19-11-8-6-9-12-19/h6,8-12,14-17,20-21H,3-5,7,13H2,1-2H3,(H,26,27)/b17-16+. The number of unbranched alkanes of at least 4 members (excludes halogenated alkanes) is 2. The molecule has 0 spiro atoms. The first-order valence-corrected chi connectivity index (χ1v) is 9.86. The largest absolute Gasteiger partial charge is 0.478 e. The molecule has 1 N–H and O–H groups in total. The maximum Gasteiger partial charge on any atom is 0.327 e. The molecule has 27 heavy (non-hydrogen) atoms. The van der Waals surface area contributed by atoms with Crippen molar-refractivity contribution in [3.63, 3.8) is 0 Å². The Labute approximate surface area is 162 Å². The fourth-order valence-corrected chi connectivity index (χ4v) is 4.21. The third-order valence-electron chi connectivity index (χ3n) is 5.56. The van der Waals surface area contributed by atoms with Gasteiger partial charge < -0.3 is 5.11 Å². The second-order valence-corrected chi connectivity index (χ2v) is 7.14. The molecular formula is C24H29NO2. The van der Waals surface area contributed by atoms with Crippen molar-refractivity contribution in [1.82, 2.24) is 0 Å². The zero-order valence-corrected chi connectivity index (χ0v) is 16.3. The first-order chi connectivity index (χ1) is 13.1. The monoisotopic (exact) mass is 363 g/mol. The number of carboxylic acid groups (broad SMARTS) is 1. The Bertz CT molecular complexity index is 754. The van der Waals surface area contributed by atoms with Gasteiger partial charge in [-0.15, -0.1) is 0 Å². The van der Waals surface area contributed by atoms with Crippen LogP contribution in [-0.4, -0.2) is 11.1 Å². The van der Waals surface area contributed by atoms with Gasteiger partial charge in [0.05, 0.1) is 11.5 Å². The molecule has 0 saturated heterocycles. The van der Waals surface area contributed by atoms with Gasteiger partial charge in [-0.05, 0) is 23.5 Å². The second kappa shape index (κ2) is 9.92. The van der Waals surface area contributed by atoms with E-state index in [4.69, 9.17) is 5.11 Å². The molecule has 3 unspecified atom stereocenters. The lowest BCUT2D eigenvalue weighted by Crippen LogP contribution is -2.38. The van der Waals surface area contributed by atoms with Crippen molar-refractivity contribution in [2.24, 2.45) is 17.3 Å². The maximum atomic E-state index is 11.1. The average molecular weight is 364 g/mol. The van der Waals surface area contributed by atoms with Crippen LogP contribution in [0.5, 0.6) is 0 Å². The summed E-state index contributed by atoms with van der Waals surface area (Å²) in [5.41, 5.74) is 1.27. The first kappa shape index (κ1) is 20.7. The Kier molecular flexibility index (Phi) is 7.61. The Hall–Kier alpha value is -2.60. The van der Waals surface area contributed by atoms with Crippen LogP contribution in [0, 0.1) is 28.6 Å². The molecule has 142 valence electrons. The van der Waals surface area contributed by atoms with Crippen LogP contribution in [0.15, 0.2) is 60.7 Å². The van der Waals surface area contributed by atoms with E-state index < -0.39 is 11.4 Å². The predicted octanol–water partition coefficient (Wildman–Crippen LogP) is 6.01. The van der Waals surface area contributed by atoms with E-state index in [9.17, 15) is 10.1 Å². The number of aliphatic carboxylic acids is 1. The number of nitrogens with zero attached hydrogens (tertiary/aromatic N) is 1. The van der Waals surface area contributed by atoms with Crippen LogP contribution in [0.25, 0.3) is 5.57 Å². The SMILES string of the molecule is CCCCCC(CC)C1(C#N)C(c2ccccc2)=CC=CC1/C=C/C(=O)O. The number of benzene rings is 1. The van der Waals surface area contributed by atoms with Gasteiger partial charge in [0.15, 0.2) is 0 Å². The molecule has 1 aliphatic rings. The van der Waals surface area contributed by atoms with Crippen LogP contribution in [0.4, 0.5) is 0 Å². The quantitative estimate of drug-likeness (QED) is 0.431. The summed E-state index contributed by atoms with van der Waals surface area (Å²) in [6.45, 7) is 4.31. The van der Waals surface area contributed by atoms with Crippen molar-refractivity contribution in [2.75, 3.05) is 0 Å².